The highest BCUT2D eigenvalue weighted by atomic mass is 16.2. The minimum Gasteiger partial charge on any atom is -0.354 e. The number of anilines is 1. The van der Waals surface area contributed by atoms with Crippen LogP contribution in [0.1, 0.15) is 24.8 Å². The lowest BCUT2D eigenvalue weighted by Gasteiger charge is -2.20. The van der Waals surface area contributed by atoms with Gasteiger partial charge in [0.1, 0.15) is 11.8 Å². The van der Waals surface area contributed by atoms with Gasteiger partial charge in [-0.2, -0.15) is 0 Å². The maximum atomic E-state index is 12.3. The maximum absolute atomic E-state index is 12.3. The number of likely N-dealkylation sites (N-methyl/N-ethyl adjacent to an activating group) is 1. The van der Waals surface area contributed by atoms with Crippen molar-refractivity contribution >= 4 is 22.9 Å². The van der Waals surface area contributed by atoms with Crippen LogP contribution in [0.5, 0.6) is 0 Å². The van der Waals surface area contributed by atoms with Crippen LogP contribution in [-0.4, -0.2) is 46.0 Å². The predicted octanol–water partition coefficient (Wildman–Crippen LogP) is 2.10. The molecule has 1 amide bonds. The molecule has 3 aromatic rings. The number of amides is 1. The van der Waals surface area contributed by atoms with Crippen LogP contribution in [0.25, 0.3) is 11.2 Å². The van der Waals surface area contributed by atoms with E-state index in [-0.39, 0.29) is 12.5 Å². The van der Waals surface area contributed by atoms with Gasteiger partial charge in [-0.15, -0.1) is 0 Å². The number of nitrogens with one attached hydrogen (secondary N) is 2. The van der Waals surface area contributed by atoms with E-state index in [1.165, 1.54) is 11.9 Å². The third-order valence-electron chi connectivity index (χ3n) is 4.25. The predicted molar refractivity (Wildman–Crippen MR) is 97.4 cm³/mol. The molecule has 1 atom stereocenters. The summed E-state index contributed by atoms with van der Waals surface area (Å²) in [6, 6.07) is 10.3. The molecule has 0 saturated heterocycles. The molecule has 130 valence electrons. The summed E-state index contributed by atoms with van der Waals surface area (Å²) in [5, 5.41) is 3.02. The molecule has 2 aromatic heterocycles. The van der Waals surface area contributed by atoms with Crippen molar-refractivity contribution in [1.82, 2.24) is 25.3 Å². The smallest absolute Gasteiger partial charge is 0.239 e. The minimum atomic E-state index is -0.0387. The fourth-order valence-corrected chi connectivity index (χ4v) is 2.85. The summed E-state index contributed by atoms with van der Waals surface area (Å²) in [6.07, 6.45) is 4.00. The first-order valence-corrected chi connectivity index (χ1v) is 8.36. The number of hydrogen-bond donors (Lipinski definition) is 2. The normalized spacial score (nSPS) is 12.1. The first-order valence-electron chi connectivity index (χ1n) is 8.36. The number of benzene rings is 1. The van der Waals surface area contributed by atoms with Crippen LogP contribution in [0.3, 0.4) is 0 Å². The number of rotatable bonds is 7. The van der Waals surface area contributed by atoms with Gasteiger partial charge in [-0.3, -0.25) is 4.79 Å². The highest BCUT2D eigenvalue weighted by Crippen LogP contribution is 2.19. The average Bonchev–Trinajstić information content (AvgIpc) is 3.11. The Bertz CT molecular complexity index is 832. The summed E-state index contributed by atoms with van der Waals surface area (Å²) in [5.41, 5.74) is 2.56. The summed E-state index contributed by atoms with van der Waals surface area (Å²) in [6.45, 7) is 2.97. The Hall–Kier alpha value is -2.96. The highest BCUT2D eigenvalue weighted by molar-refractivity contribution is 5.86. The molecule has 0 spiro atoms. The number of H-pyrrole nitrogens is 1. The standard InChI is InChI=1S/C18H22N6O/c1-3-13(14-7-5-4-6-8-14)9-19-15(25)10-24(2)18-16-17(21-11-20-16)22-12-23-18/h4-8,11-13H,3,9-10H2,1-2H3,(H,19,25)(H,20,21,22,23). The van der Waals surface area contributed by atoms with Gasteiger partial charge in [0.2, 0.25) is 5.91 Å². The molecular weight excluding hydrogens is 316 g/mol. The first kappa shape index (κ1) is 16.9. The third-order valence-corrected chi connectivity index (χ3v) is 4.25. The summed E-state index contributed by atoms with van der Waals surface area (Å²) >= 11 is 0. The topological polar surface area (TPSA) is 86.8 Å². The molecular formula is C18H22N6O. The lowest BCUT2D eigenvalue weighted by Crippen LogP contribution is -2.37. The van der Waals surface area contributed by atoms with E-state index < -0.39 is 0 Å². The van der Waals surface area contributed by atoms with Crippen molar-refractivity contribution in [3.8, 4) is 0 Å². The number of nitrogens with zero attached hydrogens (tertiary/aromatic N) is 4. The molecule has 7 nitrogen and oxygen atoms in total. The van der Waals surface area contributed by atoms with Crippen LogP contribution in [0.2, 0.25) is 0 Å². The number of imidazole rings is 1. The Labute approximate surface area is 146 Å². The van der Waals surface area contributed by atoms with Crippen molar-refractivity contribution in [2.45, 2.75) is 19.3 Å². The van der Waals surface area contributed by atoms with Crippen molar-refractivity contribution in [3.05, 3.63) is 48.5 Å². The van der Waals surface area contributed by atoms with Crippen LogP contribution in [0.15, 0.2) is 43.0 Å². The summed E-state index contributed by atoms with van der Waals surface area (Å²) in [4.78, 5) is 29.6. The fourth-order valence-electron chi connectivity index (χ4n) is 2.85. The lowest BCUT2D eigenvalue weighted by molar-refractivity contribution is -0.119. The van der Waals surface area contributed by atoms with Gasteiger partial charge in [-0.25, -0.2) is 15.0 Å². The zero-order chi connectivity index (χ0) is 17.6. The van der Waals surface area contributed by atoms with E-state index in [4.69, 9.17) is 0 Å². The van der Waals surface area contributed by atoms with Crippen LogP contribution in [0.4, 0.5) is 5.82 Å². The van der Waals surface area contributed by atoms with Gasteiger partial charge < -0.3 is 15.2 Å². The second-order valence-corrected chi connectivity index (χ2v) is 5.97. The third kappa shape index (κ3) is 3.93. The largest absolute Gasteiger partial charge is 0.354 e. The molecule has 0 fully saturated rings. The number of aromatic nitrogens is 4. The van der Waals surface area contributed by atoms with Gasteiger partial charge in [-0.05, 0) is 12.0 Å². The fraction of sp³-hybridized carbons (Fsp3) is 0.333. The zero-order valence-electron chi connectivity index (χ0n) is 14.4. The SMILES string of the molecule is CCC(CNC(=O)CN(C)c1ncnc2nc[nH]c12)c1ccccc1. The molecule has 0 radical (unpaired) electrons. The quantitative estimate of drug-likeness (QED) is 0.689. The van der Waals surface area contributed by atoms with Gasteiger partial charge in [0, 0.05) is 19.5 Å². The summed E-state index contributed by atoms with van der Waals surface area (Å²) in [5.74, 6) is 0.935. The number of aromatic amines is 1. The van der Waals surface area contributed by atoms with E-state index in [1.54, 1.807) is 11.2 Å². The Morgan fingerprint density at radius 2 is 2.04 bits per heavy atom. The van der Waals surface area contributed by atoms with Gasteiger partial charge in [0.15, 0.2) is 11.5 Å². The van der Waals surface area contributed by atoms with Crippen molar-refractivity contribution in [1.29, 1.82) is 0 Å². The molecule has 7 heteroatoms. The molecule has 0 saturated carbocycles. The number of carbonyl (C=O) groups excluding carboxylic acids is 1. The van der Waals surface area contributed by atoms with E-state index in [0.717, 1.165) is 11.9 Å². The Morgan fingerprint density at radius 3 is 2.80 bits per heavy atom. The van der Waals surface area contributed by atoms with E-state index in [1.807, 2.05) is 25.2 Å². The number of fused-ring (bicyclic) bond motifs is 1. The molecule has 25 heavy (non-hydrogen) atoms. The van der Waals surface area contributed by atoms with E-state index in [2.05, 4.69) is 44.3 Å². The number of carbonyl (C=O) groups is 1. The Morgan fingerprint density at radius 1 is 1.24 bits per heavy atom. The van der Waals surface area contributed by atoms with E-state index in [0.29, 0.717) is 23.9 Å². The Kier molecular flexibility index (Phi) is 5.23. The van der Waals surface area contributed by atoms with Crippen molar-refractivity contribution in [2.75, 3.05) is 25.0 Å². The molecule has 2 heterocycles. The highest BCUT2D eigenvalue weighted by Gasteiger charge is 2.15. The molecule has 0 aliphatic carbocycles. The van der Waals surface area contributed by atoms with Crippen molar-refractivity contribution in [3.63, 3.8) is 0 Å². The molecule has 1 aromatic carbocycles. The van der Waals surface area contributed by atoms with E-state index >= 15 is 0 Å². The van der Waals surface area contributed by atoms with Gasteiger partial charge in [-0.1, -0.05) is 37.3 Å². The molecule has 0 bridgehead atoms. The van der Waals surface area contributed by atoms with Gasteiger partial charge in [0.05, 0.1) is 12.9 Å². The minimum absolute atomic E-state index is 0.0387. The second kappa shape index (κ2) is 7.74. The van der Waals surface area contributed by atoms with Crippen LogP contribution >= 0.6 is 0 Å². The molecule has 1 unspecified atom stereocenters. The summed E-state index contributed by atoms with van der Waals surface area (Å²) in [7, 11) is 1.83. The van der Waals surface area contributed by atoms with Gasteiger partial charge >= 0.3 is 0 Å². The van der Waals surface area contributed by atoms with Crippen LogP contribution in [0, 0.1) is 0 Å². The molecule has 0 aliphatic rings. The molecule has 0 aliphatic heterocycles. The summed E-state index contributed by atoms with van der Waals surface area (Å²) < 4.78 is 0. The van der Waals surface area contributed by atoms with Crippen LogP contribution in [-0.2, 0) is 4.79 Å². The first-order chi connectivity index (χ1) is 12.2. The zero-order valence-corrected chi connectivity index (χ0v) is 14.4. The molecule has 2 N–H and O–H groups in total. The lowest BCUT2D eigenvalue weighted by atomic mass is 9.96. The monoisotopic (exact) mass is 338 g/mol. The van der Waals surface area contributed by atoms with Gasteiger partial charge in [0.25, 0.3) is 0 Å². The molecule has 3 rings (SSSR count). The maximum Gasteiger partial charge on any atom is 0.239 e. The van der Waals surface area contributed by atoms with E-state index in [9.17, 15) is 4.79 Å². The Balaban J connectivity index is 1.59. The second-order valence-electron chi connectivity index (χ2n) is 5.97. The number of hydrogen-bond acceptors (Lipinski definition) is 5. The van der Waals surface area contributed by atoms with Crippen LogP contribution < -0.4 is 10.2 Å². The van der Waals surface area contributed by atoms with Crippen molar-refractivity contribution < 1.29 is 4.79 Å². The average molecular weight is 338 g/mol. The van der Waals surface area contributed by atoms with Crippen molar-refractivity contribution in [2.24, 2.45) is 0 Å².